The second kappa shape index (κ2) is 3.69. The van der Waals surface area contributed by atoms with Crippen molar-refractivity contribution in [2.75, 3.05) is 0 Å². The van der Waals surface area contributed by atoms with Crippen molar-refractivity contribution in [3.05, 3.63) is 35.2 Å². The molecule has 0 saturated heterocycles. The summed E-state index contributed by atoms with van der Waals surface area (Å²) >= 11 is 8.01. The Balaban J connectivity index is 2.60. The Morgan fingerprint density at radius 1 is 1.38 bits per heavy atom. The van der Waals surface area contributed by atoms with Crippen molar-refractivity contribution in [1.82, 2.24) is 0 Å². The summed E-state index contributed by atoms with van der Waals surface area (Å²) < 4.78 is 1.34. The molecule has 1 unspecified atom stereocenters. The number of fused-ring (bicyclic) bond motifs is 1. The molecule has 0 nitrogen and oxygen atoms in total. The van der Waals surface area contributed by atoms with Gasteiger partial charge in [-0.1, -0.05) is 25.1 Å². The summed E-state index contributed by atoms with van der Waals surface area (Å²) in [5.41, 5.74) is 1.27. The van der Waals surface area contributed by atoms with Gasteiger partial charge >= 0.3 is 0 Å². The highest BCUT2D eigenvalue weighted by molar-refractivity contribution is 7.17. The Labute approximate surface area is 87.2 Å². The highest BCUT2D eigenvalue weighted by Crippen LogP contribution is 2.33. The molecule has 0 aliphatic rings. The van der Waals surface area contributed by atoms with E-state index in [0.29, 0.717) is 0 Å². The summed E-state index contributed by atoms with van der Waals surface area (Å²) in [5.74, 6) is 0. The van der Waals surface area contributed by atoms with Crippen molar-refractivity contribution in [2.45, 2.75) is 18.7 Å². The Morgan fingerprint density at radius 3 is 3.00 bits per heavy atom. The van der Waals surface area contributed by atoms with Gasteiger partial charge in [-0.3, -0.25) is 0 Å². The van der Waals surface area contributed by atoms with E-state index in [0.717, 1.165) is 6.42 Å². The minimum atomic E-state index is 0.155. The highest BCUT2D eigenvalue weighted by atomic mass is 35.5. The summed E-state index contributed by atoms with van der Waals surface area (Å²) in [4.78, 5) is 0. The maximum absolute atomic E-state index is 6.23. The van der Waals surface area contributed by atoms with Crippen LogP contribution in [-0.2, 0) is 0 Å². The third-order valence-corrected chi connectivity index (χ3v) is 3.73. The Morgan fingerprint density at radius 2 is 2.23 bits per heavy atom. The molecule has 1 heterocycles. The van der Waals surface area contributed by atoms with E-state index in [1.54, 1.807) is 11.3 Å². The number of rotatable bonds is 2. The van der Waals surface area contributed by atoms with Gasteiger partial charge in [0.2, 0.25) is 0 Å². The smallest absolute Gasteiger partial charge is 0.0596 e. The van der Waals surface area contributed by atoms with Crippen LogP contribution in [0.3, 0.4) is 0 Å². The molecular formula is C11H11ClS. The van der Waals surface area contributed by atoms with Gasteiger partial charge in [-0.05, 0) is 28.8 Å². The van der Waals surface area contributed by atoms with E-state index in [1.165, 1.54) is 15.6 Å². The van der Waals surface area contributed by atoms with Gasteiger partial charge in [0.05, 0.1) is 5.38 Å². The maximum atomic E-state index is 6.23. The molecule has 1 aromatic carbocycles. The third kappa shape index (κ3) is 1.59. The van der Waals surface area contributed by atoms with Gasteiger partial charge in [0.25, 0.3) is 0 Å². The van der Waals surface area contributed by atoms with E-state index >= 15 is 0 Å². The van der Waals surface area contributed by atoms with Crippen LogP contribution in [0.25, 0.3) is 10.1 Å². The monoisotopic (exact) mass is 210 g/mol. The van der Waals surface area contributed by atoms with E-state index in [2.05, 4.69) is 36.6 Å². The molecule has 13 heavy (non-hydrogen) atoms. The van der Waals surface area contributed by atoms with Crippen molar-refractivity contribution in [3.63, 3.8) is 0 Å². The molecule has 0 radical (unpaired) electrons. The van der Waals surface area contributed by atoms with Gasteiger partial charge in [-0.15, -0.1) is 22.9 Å². The maximum Gasteiger partial charge on any atom is 0.0596 e. The van der Waals surface area contributed by atoms with Crippen molar-refractivity contribution in [2.24, 2.45) is 0 Å². The molecule has 2 heteroatoms. The minimum Gasteiger partial charge on any atom is -0.143 e. The quantitative estimate of drug-likeness (QED) is 0.636. The normalized spacial score (nSPS) is 13.4. The van der Waals surface area contributed by atoms with Crippen LogP contribution < -0.4 is 0 Å². The molecule has 0 saturated carbocycles. The second-order valence-corrected chi connectivity index (χ2v) is 4.50. The Bertz CT molecular complexity index is 405. The Hall–Kier alpha value is -0.530. The standard InChI is InChI=1S/C11H11ClS/c1-2-10(12)9-5-3-4-8-6-7-13-11(8)9/h3-7,10H,2H2,1H3. The molecule has 68 valence electrons. The molecule has 0 spiro atoms. The van der Waals surface area contributed by atoms with Gasteiger partial charge in [-0.2, -0.15) is 0 Å². The summed E-state index contributed by atoms with van der Waals surface area (Å²) in [6.07, 6.45) is 0.985. The number of halogens is 1. The third-order valence-electron chi connectivity index (χ3n) is 2.21. The molecule has 1 atom stereocenters. The first kappa shape index (κ1) is 9.04. The van der Waals surface area contributed by atoms with Crippen LogP contribution in [0.4, 0.5) is 0 Å². The predicted molar refractivity (Wildman–Crippen MR) is 60.7 cm³/mol. The van der Waals surface area contributed by atoms with Crippen molar-refractivity contribution >= 4 is 33.0 Å². The minimum absolute atomic E-state index is 0.155. The van der Waals surface area contributed by atoms with Crippen LogP contribution >= 0.6 is 22.9 Å². The van der Waals surface area contributed by atoms with Crippen LogP contribution in [0.5, 0.6) is 0 Å². The van der Waals surface area contributed by atoms with Gasteiger partial charge in [0, 0.05) is 4.70 Å². The van der Waals surface area contributed by atoms with E-state index in [4.69, 9.17) is 11.6 Å². The van der Waals surface area contributed by atoms with Crippen LogP contribution in [0.15, 0.2) is 29.6 Å². The zero-order chi connectivity index (χ0) is 9.26. The van der Waals surface area contributed by atoms with E-state index in [1.807, 2.05) is 0 Å². The first-order chi connectivity index (χ1) is 6.33. The molecule has 1 aromatic heterocycles. The summed E-state index contributed by atoms with van der Waals surface area (Å²) in [6, 6.07) is 8.48. The largest absolute Gasteiger partial charge is 0.143 e. The van der Waals surface area contributed by atoms with Gasteiger partial charge in [-0.25, -0.2) is 0 Å². The summed E-state index contributed by atoms with van der Waals surface area (Å²) in [7, 11) is 0. The summed E-state index contributed by atoms with van der Waals surface area (Å²) in [5, 5.41) is 3.58. The highest BCUT2D eigenvalue weighted by Gasteiger charge is 2.09. The first-order valence-corrected chi connectivity index (χ1v) is 5.74. The van der Waals surface area contributed by atoms with Crippen molar-refractivity contribution in [1.29, 1.82) is 0 Å². The van der Waals surface area contributed by atoms with Crippen LogP contribution in [0.1, 0.15) is 24.3 Å². The molecule has 0 aliphatic carbocycles. The van der Waals surface area contributed by atoms with Crippen LogP contribution in [0.2, 0.25) is 0 Å². The molecule has 2 aromatic rings. The Kier molecular flexibility index (Phi) is 2.56. The van der Waals surface area contributed by atoms with E-state index in [-0.39, 0.29) is 5.38 Å². The van der Waals surface area contributed by atoms with Gasteiger partial charge in [0.15, 0.2) is 0 Å². The molecule has 0 bridgehead atoms. The zero-order valence-corrected chi connectivity index (χ0v) is 9.03. The van der Waals surface area contributed by atoms with Gasteiger partial charge < -0.3 is 0 Å². The lowest BCUT2D eigenvalue weighted by Gasteiger charge is -2.07. The van der Waals surface area contributed by atoms with E-state index < -0.39 is 0 Å². The van der Waals surface area contributed by atoms with E-state index in [9.17, 15) is 0 Å². The van der Waals surface area contributed by atoms with Crippen molar-refractivity contribution in [3.8, 4) is 0 Å². The molecule has 0 amide bonds. The molecule has 0 N–H and O–H groups in total. The first-order valence-electron chi connectivity index (χ1n) is 4.43. The molecule has 2 rings (SSSR count). The molecule has 0 fully saturated rings. The SMILES string of the molecule is CCC(Cl)c1cccc2ccsc12. The van der Waals surface area contributed by atoms with Gasteiger partial charge in [0.1, 0.15) is 0 Å². The number of hydrogen-bond donors (Lipinski definition) is 0. The molecule has 0 aliphatic heterocycles. The fourth-order valence-corrected chi connectivity index (χ4v) is 2.70. The lowest BCUT2D eigenvalue weighted by atomic mass is 10.1. The topological polar surface area (TPSA) is 0 Å². The van der Waals surface area contributed by atoms with Crippen LogP contribution in [0, 0.1) is 0 Å². The summed E-state index contributed by atoms with van der Waals surface area (Å²) in [6.45, 7) is 2.12. The lowest BCUT2D eigenvalue weighted by Crippen LogP contribution is -1.87. The number of alkyl halides is 1. The predicted octanol–water partition coefficient (Wildman–Crippen LogP) is 4.59. The number of benzene rings is 1. The zero-order valence-electron chi connectivity index (χ0n) is 7.46. The number of hydrogen-bond acceptors (Lipinski definition) is 1. The fraction of sp³-hybridized carbons (Fsp3) is 0.273. The average Bonchev–Trinajstić information content (AvgIpc) is 2.63. The number of thiophene rings is 1. The lowest BCUT2D eigenvalue weighted by molar-refractivity contribution is 0.893. The second-order valence-electron chi connectivity index (χ2n) is 3.06. The molecular weight excluding hydrogens is 200 g/mol. The van der Waals surface area contributed by atoms with Crippen molar-refractivity contribution < 1.29 is 0 Å². The fourth-order valence-electron chi connectivity index (χ4n) is 1.48. The average molecular weight is 211 g/mol. The van der Waals surface area contributed by atoms with Crippen LogP contribution in [-0.4, -0.2) is 0 Å².